The molecule has 9 heteroatoms. The average molecular weight is 379 g/mol. The summed E-state index contributed by atoms with van der Waals surface area (Å²) in [6.07, 6.45) is 1.46. The molecule has 0 spiro atoms. The van der Waals surface area contributed by atoms with Crippen LogP contribution in [0, 0.1) is 0 Å². The second-order valence-corrected chi connectivity index (χ2v) is 5.99. The Kier molecular flexibility index (Phi) is 6.35. The quantitative estimate of drug-likeness (QED) is 0.525. The van der Waals surface area contributed by atoms with Crippen LogP contribution in [-0.4, -0.2) is 26.3 Å². The molecule has 26 heavy (non-hydrogen) atoms. The molecule has 2 aromatic rings. The highest BCUT2D eigenvalue weighted by Gasteiger charge is 2.17. The van der Waals surface area contributed by atoms with Crippen molar-refractivity contribution in [3.8, 4) is 5.88 Å². The maximum atomic E-state index is 12.1. The van der Waals surface area contributed by atoms with Crippen molar-refractivity contribution in [2.75, 3.05) is 0 Å². The first-order valence-corrected chi connectivity index (χ1v) is 8.40. The predicted molar refractivity (Wildman–Crippen MR) is 99.0 cm³/mol. The lowest BCUT2D eigenvalue weighted by Crippen LogP contribution is -2.34. The number of nitrogens with zero attached hydrogens (tertiary/aromatic N) is 2. The molecule has 1 aromatic carbocycles. The normalized spacial score (nSPS) is 11.4. The number of nitrogens with one attached hydrogen (secondary N) is 2. The van der Waals surface area contributed by atoms with Crippen molar-refractivity contribution in [1.82, 2.24) is 15.0 Å². The van der Waals surface area contributed by atoms with Gasteiger partial charge in [0.1, 0.15) is 5.56 Å². The SMILES string of the molecule is CCCCn1c(O)c(/C(C)=N/NC(=O)c2ccccc2Cl)c(=O)[nH]c1=O. The van der Waals surface area contributed by atoms with Crippen molar-refractivity contribution >= 4 is 23.2 Å². The van der Waals surface area contributed by atoms with Crippen molar-refractivity contribution < 1.29 is 9.90 Å². The standard InChI is InChI=1S/C17H19ClN4O4/c1-3-4-9-22-16(25)13(15(24)19-17(22)26)10(2)20-21-14(23)11-7-5-6-8-12(11)18/h5-8,25H,3-4,9H2,1-2H3,(H,21,23)(H,19,24,26)/b20-10+. The first-order chi connectivity index (χ1) is 12.4. The molecule has 0 fully saturated rings. The van der Waals surface area contributed by atoms with Gasteiger partial charge in [-0.2, -0.15) is 5.10 Å². The molecule has 2 rings (SSSR count). The largest absolute Gasteiger partial charge is 0.494 e. The minimum atomic E-state index is -0.784. The number of hydrazone groups is 1. The Morgan fingerprint density at radius 2 is 2.04 bits per heavy atom. The van der Waals surface area contributed by atoms with Crippen LogP contribution >= 0.6 is 11.6 Å². The summed E-state index contributed by atoms with van der Waals surface area (Å²) in [4.78, 5) is 38.2. The van der Waals surface area contributed by atoms with Crippen LogP contribution in [0.5, 0.6) is 5.88 Å². The summed E-state index contributed by atoms with van der Waals surface area (Å²) in [6, 6.07) is 6.42. The molecule has 1 aromatic heterocycles. The minimum absolute atomic E-state index is 0.0504. The van der Waals surface area contributed by atoms with Gasteiger partial charge in [0.25, 0.3) is 11.5 Å². The molecule has 138 valence electrons. The van der Waals surface area contributed by atoms with E-state index in [0.717, 1.165) is 11.0 Å². The summed E-state index contributed by atoms with van der Waals surface area (Å²) < 4.78 is 1.06. The number of aromatic amines is 1. The number of hydrogen-bond donors (Lipinski definition) is 3. The number of carbonyl (C=O) groups excluding carboxylic acids is 1. The Hall–Kier alpha value is -2.87. The Labute approximate surface area is 154 Å². The van der Waals surface area contributed by atoms with E-state index in [1.54, 1.807) is 18.2 Å². The number of aromatic hydroxyl groups is 1. The van der Waals surface area contributed by atoms with Gasteiger partial charge in [0.15, 0.2) is 0 Å². The van der Waals surface area contributed by atoms with Crippen molar-refractivity contribution in [3.63, 3.8) is 0 Å². The van der Waals surface area contributed by atoms with Crippen LogP contribution in [0.15, 0.2) is 39.0 Å². The van der Waals surface area contributed by atoms with Crippen molar-refractivity contribution in [2.24, 2.45) is 5.10 Å². The molecule has 8 nitrogen and oxygen atoms in total. The third kappa shape index (κ3) is 4.20. The zero-order valence-electron chi connectivity index (χ0n) is 14.4. The van der Waals surface area contributed by atoms with Gasteiger partial charge in [-0.1, -0.05) is 37.1 Å². The van der Waals surface area contributed by atoms with Gasteiger partial charge < -0.3 is 5.11 Å². The lowest BCUT2D eigenvalue weighted by molar-refractivity contribution is 0.0955. The Bertz CT molecular complexity index is 962. The van der Waals surface area contributed by atoms with Crippen LogP contribution in [0.3, 0.4) is 0 Å². The third-order valence-corrected chi connectivity index (χ3v) is 4.04. The number of H-pyrrole nitrogens is 1. The fourth-order valence-electron chi connectivity index (χ4n) is 2.31. The smallest absolute Gasteiger partial charge is 0.331 e. The van der Waals surface area contributed by atoms with Gasteiger partial charge in [0, 0.05) is 6.54 Å². The zero-order valence-corrected chi connectivity index (χ0v) is 15.1. The minimum Gasteiger partial charge on any atom is -0.494 e. The number of rotatable bonds is 6. The highest BCUT2D eigenvalue weighted by Crippen LogP contribution is 2.15. The summed E-state index contributed by atoms with van der Waals surface area (Å²) >= 11 is 5.95. The summed E-state index contributed by atoms with van der Waals surface area (Å²) in [5.41, 5.74) is 0.892. The fraction of sp³-hybridized carbons (Fsp3) is 0.294. The van der Waals surface area contributed by atoms with E-state index in [1.165, 1.54) is 13.0 Å². The first kappa shape index (κ1) is 19.5. The monoisotopic (exact) mass is 378 g/mol. The second-order valence-electron chi connectivity index (χ2n) is 5.58. The molecule has 0 unspecified atom stereocenters. The van der Waals surface area contributed by atoms with Crippen LogP contribution in [-0.2, 0) is 6.54 Å². The van der Waals surface area contributed by atoms with Gasteiger partial charge in [0.05, 0.1) is 16.3 Å². The van der Waals surface area contributed by atoms with E-state index in [-0.39, 0.29) is 28.4 Å². The number of unbranched alkanes of at least 4 members (excludes halogenated alkanes) is 1. The molecule has 0 radical (unpaired) electrons. The molecule has 0 aliphatic rings. The van der Waals surface area contributed by atoms with Crippen LogP contribution in [0.1, 0.15) is 42.6 Å². The molecule has 0 atom stereocenters. The van der Waals surface area contributed by atoms with Crippen LogP contribution < -0.4 is 16.7 Å². The third-order valence-electron chi connectivity index (χ3n) is 3.71. The van der Waals surface area contributed by atoms with Gasteiger partial charge in [-0.05, 0) is 25.5 Å². The van der Waals surface area contributed by atoms with Gasteiger partial charge in [-0.25, -0.2) is 10.2 Å². The second kappa shape index (κ2) is 8.48. The molecule has 0 saturated heterocycles. The maximum absolute atomic E-state index is 12.1. The lowest BCUT2D eigenvalue weighted by atomic mass is 10.2. The first-order valence-electron chi connectivity index (χ1n) is 8.02. The number of benzene rings is 1. The number of carbonyl (C=O) groups is 1. The number of aromatic nitrogens is 2. The lowest BCUT2D eigenvalue weighted by Gasteiger charge is -2.11. The molecule has 1 heterocycles. The molecule has 0 aliphatic carbocycles. The molecule has 0 saturated carbocycles. The molecule has 0 bridgehead atoms. The van der Waals surface area contributed by atoms with E-state index < -0.39 is 23.0 Å². The summed E-state index contributed by atoms with van der Waals surface area (Å²) in [5.74, 6) is -1.05. The van der Waals surface area contributed by atoms with Crippen LogP contribution in [0.25, 0.3) is 0 Å². The summed E-state index contributed by atoms with van der Waals surface area (Å²) in [7, 11) is 0. The molecule has 1 amide bonds. The Balaban J connectivity index is 2.34. The van der Waals surface area contributed by atoms with E-state index in [0.29, 0.717) is 6.42 Å². The van der Waals surface area contributed by atoms with Crippen molar-refractivity contribution in [1.29, 1.82) is 0 Å². The maximum Gasteiger partial charge on any atom is 0.331 e. The summed E-state index contributed by atoms with van der Waals surface area (Å²) in [6.45, 7) is 3.63. The molecular weight excluding hydrogens is 360 g/mol. The topological polar surface area (TPSA) is 117 Å². The van der Waals surface area contributed by atoms with Crippen LogP contribution in [0.4, 0.5) is 0 Å². The van der Waals surface area contributed by atoms with Crippen molar-refractivity contribution in [3.05, 3.63) is 61.3 Å². The van der Waals surface area contributed by atoms with E-state index >= 15 is 0 Å². The van der Waals surface area contributed by atoms with Gasteiger partial charge in [-0.15, -0.1) is 0 Å². The Morgan fingerprint density at radius 3 is 2.69 bits per heavy atom. The van der Waals surface area contributed by atoms with Gasteiger partial charge in [0.2, 0.25) is 5.88 Å². The molecule has 3 N–H and O–H groups in total. The summed E-state index contributed by atoms with van der Waals surface area (Å²) in [5, 5.41) is 14.4. The number of amides is 1. The molecular formula is C17H19ClN4O4. The predicted octanol–water partition coefficient (Wildman–Crippen LogP) is 1.85. The average Bonchev–Trinajstić information content (AvgIpc) is 2.59. The van der Waals surface area contributed by atoms with E-state index in [1.807, 2.05) is 6.92 Å². The van der Waals surface area contributed by atoms with E-state index in [9.17, 15) is 19.5 Å². The molecule has 0 aliphatic heterocycles. The van der Waals surface area contributed by atoms with Crippen molar-refractivity contribution in [2.45, 2.75) is 33.2 Å². The number of hydrogen-bond acceptors (Lipinski definition) is 5. The number of halogens is 1. The van der Waals surface area contributed by atoms with Gasteiger partial charge in [-0.3, -0.25) is 19.1 Å². The highest BCUT2D eigenvalue weighted by molar-refractivity contribution is 6.33. The Morgan fingerprint density at radius 1 is 1.35 bits per heavy atom. The zero-order chi connectivity index (χ0) is 19.3. The highest BCUT2D eigenvalue weighted by atomic mass is 35.5. The van der Waals surface area contributed by atoms with Crippen LogP contribution in [0.2, 0.25) is 5.02 Å². The fourth-order valence-corrected chi connectivity index (χ4v) is 2.53. The van der Waals surface area contributed by atoms with E-state index in [2.05, 4.69) is 15.5 Å². The van der Waals surface area contributed by atoms with Gasteiger partial charge >= 0.3 is 5.69 Å². The van der Waals surface area contributed by atoms with E-state index in [4.69, 9.17) is 11.6 Å².